The highest BCUT2D eigenvalue weighted by Gasteiger charge is 2.16. The lowest BCUT2D eigenvalue weighted by molar-refractivity contribution is 0.112. The van der Waals surface area contributed by atoms with Gasteiger partial charge in [-0.25, -0.2) is 4.79 Å². The molecule has 1 fully saturated rings. The molecule has 1 aliphatic rings. The van der Waals surface area contributed by atoms with E-state index in [0.717, 1.165) is 19.1 Å². The van der Waals surface area contributed by atoms with Crippen LogP contribution in [0.2, 0.25) is 0 Å². The van der Waals surface area contributed by atoms with E-state index in [2.05, 4.69) is 10.6 Å². The van der Waals surface area contributed by atoms with Gasteiger partial charge in [-0.15, -0.1) is 0 Å². The van der Waals surface area contributed by atoms with Gasteiger partial charge in [0.1, 0.15) is 6.29 Å². The number of amides is 2. The van der Waals surface area contributed by atoms with Crippen LogP contribution in [-0.4, -0.2) is 18.4 Å². The van der Waals surface area contributed by atoms with Gasteiger partial charge in [0.05, 0.1) is 0 Å². The van der Waals surface area contributed by atoms with Crippen molar-refractivity contribution in [2.24, 2.45) is 0 Å². The van der Waals surface area contributed by atoms with E-state index in [4.69, 9.17) is 0 Å². The van der Waals surface area contributed by atoms with Crippen LogP contribution in [0.15, 0.2) is 24.3 Å². The number of carbonyl (C=O) groups excluding carboxylic acids is 2. The Morgan fingerprint density at radius 3 is 2.41 bits per heavy atom. The maximum atomic E-state index is 11.6. The van der Waals surface area contributed by atoms with Crippen LogP contribution >= 0.6 is 0 Å². The molecule has 0 heterocycles. The SMILES string of the molecule is O=Cc1ccc(NC(=O)NC2CCCC2)cc1. The number of benzene rings is 1. The smallest absolute Gasteiger partial charge is 0.319 e. The molecule has 2 rings (SSSR count). The van der Waals surface area contributed by atoms with E-state index in [1.54, 1.807) is 24.3 Å². The monoisotopic (exact) mass is 232 g/mol. The molecule has 17 heavy (non-hydrogen) atoms. The van der Waals surface area contributed by atoms with Crippen molar-refractivity contribution >= 4 is 18.0 Å². The number of rotatable bonds is 3. The van der Waals surface area contributed by atoms with E-state index in [1.165, 1.54) is 12.8 Å². The number of nitrogens with one attached hydrogen (secondary N) is 2. The third-order valence-electron chi connectivity index (χ3n) is 3.00. The van der Waals surface area contributed by atoms with Crippen molar-refractivity contribution < 1.29 is 9.59 Å². The second-order valence-electron chi connectivity index (χ2n) is 4.32. The van der Waals surface area contributed by atoms with Gasteiger partial charge in [0.2, 0.25) is 0 Å². The summed E-state index contributed by atoms with van der Waals surface area (Å²) >= 11 is 0. The molecule has 90 valence electrons. The Labute approximate surface area is 100 Å². The Morgan fingerprint density at radius 1 is 1.18 bits per heavy atom. The summed E-state index contributed by atoms with van der Waals surface area (Å²) in [5.41, 5.74) is 1.30. The van der Waals surface area contributed by atoms with E-state index in [1.807, 2.05) is 0 Å². The third kappa shape index (κ3) is 3.31. The third-order valence-corrected chi connectivity index (χ3v) is 3.00. The first-order valence-electron chi connectivity index (χ1n) is 5.91. The molecule has 2 amide bonds. The van der Waals surface area contributed by atoms with Crippen LogP contribution in [0.4, 0.5) is 10.5 Å². The molecule has 0 aromatic heterocycles. The first kappa shape index (κ1) is 11.6. The van der Waals surface area contributed by atoms with Crippen molar-refractivity contribution in [3.8, 4) is 0 Å². The van der Waals surface area contributed by atoms with Gasteiger partial charge in [0.15, 0.2) is 0 Å². The average Bonchev–Trinajstić information content (AvgIpc) is 2.82. The highest BCUT2D eigenvalue weighted by Crippen LogP contribution is 2.17. The molecule has 1 saturated carbocycles. The highest BCUT2D eigenvalue weighted by atomic mass is 16.2. The van der Waals surface area contributed by atoms with E-state index in [0.29, 0.717) is 17.3 Å². The zero-order valence-corrected chi connectivity index (χ0v) is 9.61. The molecule has 0 spiro atoms. The normalized spacial score (nSPS) is 15.5. The van der Waals surface area contributed by atoms with Crippen LogP contribution in [0, 0.1) is 0 Å². The summed E-state index contributed by atoms with van der Waals surface area (Å²) in [5, 5.41) is 5.69. The predicted octanol–water partition coefficient (Wildman–Crippen LogP) is 2.56. The summed E-state index contributed by atoms with van der Waals surface area (Å²) in [6.45, 7) is 0. The van der Waals surface area contributed by atoms with E-state index >= 15 is 0 Å². The van der Waals surface area contributed by atoms with Crippen LogP contribution in [0.25, 0.3) is 0 Å². The number of urea groups is 1. The Morgan fingerprint density at radius 2 is 1.82 bits per heavy atom. The molecule has 2 N–H and O–H groups in total. The van der Waals surface area contributed by atoms with Crippen molar-refractivity contribution in [2.75, 3.05) is 5.32 Å². The first-order chi connectivity index (χ1) is 8.28. The zero-order chi connectivity index (χ0) is 12.1. The molecule has 4 nitrogen and oxygen atoms in total. The fourth-order valence-corrected chi connectivity index (χ4v) is 2.07. The topological polar surface area (TPSA) is 58.2 Å². The van der Waals surface area contributed by atoms with E-state index in [9.17, 15) is 9.59 Å². The summed E-state index contributed by atoms with van der Waals surface area (Å²) in [5.74, 6) is 0. The van der Waals surface area contributed by atoms with Crippen molar-refractivity contribution in [3.05, 3.63) is 29.8 Å². The molecular formula is C13H16N2O2. The van der Waals surface area contributed by atoms with Gasteiger partial charge in [-0.2, -0.15) is 0 Å². The van der Waals surface area contributed by atoms with Gasteiger partial charge < -0.3 is 10.6 Å². The van der Waals surface area contributed by atoms with Gasteiger partial charge in [-0.1, -0.05) is 12.8 Å². The zero-order valence-electron chi connectivity index (χ0n) is 9.61. The summed E-state index contributed by atoms with van der Waals surface area (Å²) in [4.78, 5) is 22.1. The van der Waals surface area contributed by atoms with E-state index in [-0.39, 0.29) is 6.03 Å². The standard InChI is InChI=1S/C13H16N2O2/c16-9-10-5-7-12(8-6-10)15-13(17)14-11-3-1-2-4-11/h5-9,11H,1-4H2,(H2,14,15,17). The van der Waals surface area contributed by atoms with Gasteiger partial charge in [0.25, 0.3) is 0 Å². The Balaban J connectivity index is 1.86. The van der Waals surface area contributed by atoms with Gasteiger partial charge in [-0.3, -0.25) is 4.79 Å². The lowest BCUT2D eigenvalue weighted by Crippen LogP contribution is -2.36. The molecule has 0 saturated heterocycles. The fourth-order valence-electron chi connectivity index (χ4n) is 2.07. The number of hydrogen-bond donors (Lipinski definition) is 2. The quantitative estimate of drug-likeness (QED) is 0.787. The lowest BCUT2D eigenvalue weighted by Gasteiger charge is -2.12. The number of carbonyl (C=O) groups is 2. The molecule has 0 bridgehead atoms. The van der Waals surface area contributed by atoms with Crippen LogP contribution < -0.4 is 10.6 Å². The van der Waals surface area contributed by atoms with Crippen molar-refractivity contribution in [1.82, 2.24) is 5.32 Å². The van der Waals surface area contributed by atoms with Gasteiger partial charge in [-0.05, 0) is 37.1 Å². The maximum absolute atomic E-state index is 11.6. The van der Waals surface area contributed by atoms with Crippen LogP contribution in [0.1, 0.15) is 36.0 Å². The van der Waals surface area contributed by atoms with Crippen molar-refractivity contribution in [2.45, 2.75) is 31.7 Å². The highest BCUT2D eigenvalue weighted by molar-refractivity contribution is 5.89. The summed E-state index contributed by atoms with van der Waals surface area (Å²) in [6.07, 6.45) is 5.30. The molecule has 0 aliphatic heterocycles. The number of aldehydes is 1. The molecule has 1 aliphatic carbocycles. The Kier molecular flexibility index (Phi) is 3.75. The summed E-state index contributed by atoms with van der Waals surface area (Å²) in [6, 6.07) is 6.94. The largest absolute Gasteiger partial charge is 0.335 e. The Bertz CT molecular complexity index is 394. The predicted molar refractivity (Wildman–Crippen MR) is 66.2 cm³/mol. The molecule has 0 unspecified atom stereocenters. The molecule has 1 aromatic rings. The van der Waals surface area contributed by atoms with Crippen LogP contribution in [0.3, 0.4) is 0 Å². The van der Waals surface area contributed by atoms with Gasteiger partial charge in [0, 0.05) is 17.3 Å². The minimum Gasteiger partial charge on any atom is -0.335 e. The molecule has 0 radical (unpaired) electrons. The average molecular weight is 232 g/mol. The molecule has 1 aromatic carbocycles. The molecule has 4 heteroatoms. The molecule has 0 atom stereocenters. The summed E-state index contributed by atoms with van der Waals surface area (Å²) < 4.78 is 0. The minimum absolute atomic E-state index is 0.171. The van der Waals surface area contributed by atoms with Crippen molar-refractivity contribution in [1.29, 1.82) is 0 Å². The Hall–Kier alpha value is -1.84. The summed E-state index contributed by atoms with van der Waals surface area (Å²) in [7, 11) is 0. The maximum Gasteiger partial charge on any atom is 0.319 e. The van der Waals surface area contributed by atoms with Crippen LogP contribution in [0.5, 0.6) is 0 Å². The first-order valence-corrected chi connectivity index (χ1v) is 5.91. The lowest BCUT2D eigenvalue weighted by atomic mass is 10.2. The van der Waals surface area contributed by atoms with Crippen LogP contribution in [-0.2, 0) is 0 Å². The number of anilines is 1. The molecular weight excluding hydrogens is 216 g/mol. The second kappa shape index (κ2) is 5.48. The van der Waals surface area contributed by atoms with E-state index < -0.39 is 0 Å². The number of hydrogen-bond acceptors (Lipinski definition) is 2. The minimum atomic E-state index is -0.171. The van der Waals surface area contributed by atoms with Gasteiger partial charge >= 0.3 is 6.03 Å². The second-order valence-corrected chi connectivity index (χ2v) is 4.32. The fraction of sp³-hybridized carbons (Fsp3) is 0.385. The van der Waals surface area contributed by atoms with Crippen molar-refractivity contribution in [3.63, 3.8) is 0 Å².